The van der Waals surface area contributed by atoms with Gasteiger partial charge in [0, 0.05) is 24.7 Å². The number of para-hydroxylation sites is 1. The summed E-state index contributed by atoms with van der Waals surface area (Å²) >= 11 is 6.50. The van der Waals surface area contributed by atoms with Gasteiger partial charge in [0.1, 0.15) is 0 Å². The lowest BCUT2D eigenvalue weighted by Crippen LogP contribution is -2.29. The normalized spacial score (nSPS) is 23.7. The molecule has 0 aromatic heterocycles. The number of allylic oxidation sites excluding steroid dienone is 2. The molecule has 0 saturated heterocycles. The second-order valence-electron chi connectivity index (χ2n) is 6.94. The zero-order valence-electron chi connectivity index (χ0n) is 14.9. The van der Waals surface area contributed by atoms with E-state index in [1.807, 2.05) is 6.07 Å². The molecule has 3 unspecified atom stereocenters. The van der Waals surface area contributed by atoms with E-state index in [-0.39, 0.29) is 0 Å². The Labute approximate surface area is 155 Å². The van der Waals surface area contributed by atoms with Crippen molar-refractivity contribution in [1.82, 2.24) is 0 Å². The standard InChI is InChI=1S/C22H25ClN2/c1-3-25(4-2)16-13-11-15(12-14-16)21-18-8-5-7-17(18)19-9-6-10-20(23)22(19)24-21/h5-7,9-14,17-18,21,24H,3-4,8H2,1-2H3. The number of rotatable bonds is 4. The third kappa shape index (κ3) is 2.83. The second-order valence-corrected chi connectivity index (χ2v) is 7.35. The molecule has 1 N–H and O–H groups in total. The fourth-order valence-corrected chi connectivity index (χ4v) is 4.63. The van der Waals surface area contributed by atoms with Gasteiger partial charge in [-0.05, 0) is 55.5 Å². The van der Waals surface area contributed by atoms with Crippen molar-refractivity contribution in [2.45, 2.75) is 32.2 Å². The smallest absolute Gasteiger partial charge is 0.0640 e. The molecular formula is C22H25ClN2. The summed E-state index contributed by atoms with van der Waals surface area (Å²) in [6.07, 6.45) is 5.80. The number of nitrogens with zero attached hydrogens (tertiary/aromatic N) is 1. The van der Waals surface area contributed by atoms with Crippen molar-refractivity contribution in [1.29, 1.82) is 0 Å². The lowest BCUT2D eigenvalue weighted by atomic mass is 9.77. The van der Waals surface area contributed by atoms with Gasteiger partial charge in [0.05, 0.1) is 16.8 Å². The summed E-state index contributed by atoms with van der Waals surface area (Å²) in [5, 5.41) is 4.56. The van der Waals surface area contributed by atoms with Crippen LogP contribution in [0.4, 0.5) is 11.4 Å². The molecule has 2 aliphatic rings. The monoisotopic (exact) mass is 352 g/mol. The number of anilines is 2. The van der Waals surface area contributed by atoms with E-state index in [0.29, 0.717) is 17.9 Å². The summed E-state index contributed by atoms with van der Waals surface area (Å²) in [6, 6.07) is 15.6. The molecule has 25 heavy (non-hydrogen) atoms. The van der Waals surface area contributed by atoms with Gasteiger partial charge in [-0.1, -0.05) is 48.0 Å². The summed E-state index contributed by atoms with van der Waals surface area (Å²) in [5.74, 6) is 1.02. The lowest BCUT2D eigenvalue weighted by molar-refractivity contribution is 0.425. The molecule has 0 amide bonds. The van der Waals surface area contributed by atoms with E-state index in [1.54, 1.807) is 0 Å². The molecule has 1 heterocycles. The third-order valence-electron chi connectivity index (χ3n) is 5.73. The van der Waals surface area contributed by atoms with Crippen LogP contribution in [0, 0.1) is 5.92 Å². The largest absolute Gasteiger partial charge is 0.376 e. The molecule has 3 heteroatoms. The van der Waals surface area contributed by atoms with Crippen LogP contribution in [-0.2, 0) is 0 Å². The van der Waals surface area contributed by atoms with E-state index >= 15 is 0 Å². The van der Waals surface area contributed by atoms with E-state index in [0.717, 1.165) is 30.2 Å². The molecule has 3 atom stereocenters. The van der Waals surface area contributed by atoms with Gasteiger partial charge in [0.25, 0.3) is 0 Å². The summed E-state index contributed by atoms with van der Waals surface area (Å²) < 4.78 is 0. The molecule has 1 aliphatic carbocycles. The SMILES string of the molecule is CCN(CC)c1ccc(C2Nc3c(Cl)cccc3C3C=CCC32)cc1. The number of hydrogen-bond acceptors (Lipinski definition) is 2. The van der Waals surface area contributed by atoms with Gasteiger partial charge in [-0.2, -0.15) is 0 Å². The highest BCUT2D eigenvalue weighted by atomic mass is 35.5. The minimum atomic E-state index is 0.304. The predicted molar refractivity (Wildman–Crippen MR) is 108 cm³/mol. The number of halogens is 1. The minimum absolute atomic E-state index is 0.304. The van der Waals surface area contributed by atoms with Crippen LogP contribution < -0.4 is 10.2 Å². The predicted octanol–water partition coefficient (Wildman–Crippen LogP) is 6.01. The van der Waals surface area contributed by atoms with Crippen LogP contribution >= 0.6 is 11.6 Å². The Morgan fingerprint density at radius 2 is 1.84 bits per heavy atom. The number of fused-ring (bicyclic) bond motifs is 3. The Morgan fingerprint density at radius 1 is 1.08 bits per heavy atom. The van der Waals surface area contributed by atoms with E-state index in [4.69, 9.17) is 11.6 Å². The zero-order chi connectivity index (χ0) is 17.4. The van der Waals surface area contributed by atoms with Crippen LogP contribution in [0.2, 0.25) is 5.02 Å². The highest BCUT2D eigenvalue weighted by Gasteiger charge is 2.38. The molecule has 4 rings (SSSR count). The van der Waals surface area contributed by atoms with E-state index in [1.165, 1.54) is 16.8 Å². The first-order valence-corrected chi connectivity index (χ1v) is 9.67. The minimum Gasteiger partial charge on any atom is -0.376 e. The molecule has 2 nitrogen and oxygen atoms in total. The van der Waals surface area contributed by atoms with Crippen LogP contribution in [0.25, 0.3) is 0 Å². The van der Waals surface area contributed by atoms with Gasteiger partial charge < -0.3 is 10.2 Å². The molecule has 0 spiro atoms. The van der Waals surface area contributed by atoms with Gasteiger partial charge in [-0.15, -0.1) is 0 Å². The molecule has 2 aromatic carbocycles. The topological polar surface area (TPSA) is 15.3 Å². The summed E-state index contributed by atoms with van der Waals surface area (Å²) in [5.41, 5.74) is 5.08. The van der Waals surface area contributed by atoms with Crippen molar-refractivity contribution in [3.8, 4) is 0 Å². The number of nitrogens with one attached hydrogen (secondary N) is 1. The van der Waals surface area contributed by atoms with E-state index in [2.05, 4.69) is 72.6 Å². The Balaban J connectivity index is 1.68. The molecular weight excluding hydrogens is 328 g/mol. The Kier molecular flexibility index (Phi) is 4.47. The average molecular weight is 353 g/mol. The van der Waals surface area contributed by atoms with Crippen LogP contribution in [-0.4, -0.2) is 13.1 Å². The molecule has 0 saturated carbocycles. The molecule has 2 aromatic rings. The Bertz CT molecular complexity index is 777. The maximum Gasteiger partial charge on any atom is 0.0640 e. The van der Waals surface area contributed by atoms with Gasteiger partial charge in [-0.25, -0.2) is 0 Å². The van der Waals surface area contributed by atoms with Gasteiger partial charge >= 0.3 is 0 Å². The summed E-state index contributed by atoms with van der Waals surface area (Å²) in [4.78, 5) is 2.38. The average Bonchev–Trinajstić information content (AvgIpc) is 3.13. The summed E-state index contributed by atoms with van der Waals surface area (Å²) in [7, 11) is 0. The van der Waals surface area contributed by atoms with Crippen LogP contribution in [0.3, 0.4) is 0 Å². The highest BCUT2D eigenvalue weighted by Crippen LogP contribution is 2.51. The Morgan fingerprint density at radius 3 is 2.56 bits per heavy atom. The molecule has 0 fully saturated rings. The van der Waals surface area contributed by atoms with Crippen molar-refractivity contribution in [2.24, 2.45) is 5.92 Å². The van der Waals surface area contributed by atoms with E-state index < -0.39 is 0 Å². The number of hydrogen-bond donors (Lipinski definition) is 1. The fraction of sp³-hybridized carbons (Fsp3) is 0.364. The first-order valence-electron chi connectivity index (χ1n) is 9.29. The maximum absolute atomic E-state index is 6.50. The first kappa shape index (κ1) is 16.5. The van der Waals surface area contributed by atoms with Crippen LogP contribution in [0.5, 0.6) is 0 Å². The second kappa shape index (κ2) is 6.76. The number of benzene rings is 2. The van der Waals surface area contributed by atoms with Crippen LogP contribution in [0.15, 0.2) is 54.6 Å². The first-order chi connectivity index (χ1) is 12.2. The van der Waals surface area contributed by atoms with Crippen LogP contribution in [0.1, 0.15) is 43.4 Å². The molecule has 0 radical (unpaired) electrons. The molecule has 0 bridgehead atoms. The quantitative estimate of drug-likeness (QED) is 0.677. The van der Waals surface area contributed by atoms with Crippen molar-refractivity contribution >= 4 is 23.0 Å². The lowest BCUT2D eigenvalue weighted by Gasteiger charge is -2.38. The van der Waals surface area contributed by atoms with Crippen molar-refractivity contribution in [2.75, 3.05) is 23.3 Å². The van der Waals surface area contributed by atoms with Crippen molar-refractivity contribution < 1.29 is 0 Å². The molecule has 130 valence electrons. The Hall–Kier alpha value is -1.93. The third-order valence-corrected chi connectivity index (χ3v) is 6.04. The fourth-order valence-electron chi connectivity index (χ4n) is 4.39. The van der Waals surface area contributed by atoms with Crippen molar-refractivity contribution in [3.63, 3.8) is 0 Å². The van der Waals surface area contributed by atoms with E-state index in [9.17, 15) is 0 Å². The molecule has 1 aliphatic heterocycles. The summed E-state index contributed by atoms with van der Waals surface area (Å²) in [6.45, 7) is 6.48. The van der Waals surface area contributed by atoms with Gasteiger partial charge in [0.15, 0.2) is 0 Å². The van der Waals surface area contributed by atoms with Gasteiger partial charge in [0.2, 0.25) is 0 Å². The van der Waals surface area contributed by atoms with Gasteiger partial charge in [-0.3, -0.25) is 0 Å². The highest BCUT2D eigenvalue weighted by molar-refractivity contribution is 6.33. The maximum atomic E-state index is 6.50. The zero-order valence-corrected chi connectivity index (χ0v) is 15.6. The van der Waals surface area contributed by atoms with Crippen molar-refractivity contribution in [3.05, 3.63) is 70.8 Å².